The summed E-state index contributed by atoms with van der Waals surface area (Å²) in [5.41, 5.74) is 2.41. The number of hydrogen-bond donors (Lipinski definition) is 1. The maximum Gasteiger partial charge on any atom is 0.238 e. The molecule has 0 spiro atoms. The molecule has 1 heterocycles. The maximum atomic E-state index is 12.2. The molecule has 0 aliphatic rings. The highest BCUT2D eigenvalue weighted by Crippen LogP contribution is 2.27. The van der Waals surface area contributed by atoms with Gasteiger partial charge in [0.25, 0.3) is 0 Å². The minimum absolute atomic E-state index is 0.0743. The van der Waals surface area contributed by atoms with Crippen LogP contribution in [0.15, 0.2) is 41.4 Å². The number of carbonyl (C=O) groups is 1. The van der Waals surface area contributed by atoms with Gasteiger partial charge in [0.2, 0.25) is 5.91 Å². The third kappa shape index (κ3) is 4.48. The Bertz CT molecular complexity index is 643. The molecular formula is C16H17ClN2OS. The quantitative estimate of drug-likeness (QED) is 0.845. The summed E-state index contributed by atoms with van der Waals surface area (Å²) in [7, 11) is 0. The van der Waals surface area contributed by atoms with Crippen LogP contribution < -0.4 is 5.32 Å². The Kier molecular flexibility index (Phi) is 5.26. The first-order valence-corrected chi connectivity index (χ1v) is 7.88. The number of anilines is 1. The van der Waals surface area contributed by atoms with Gasteiger partial charge in [-0.2, -0.15) is 0 Å². The molecule has 5 heteroatoms. The first-order valence-electron chi connectivity index (χ1n) is 6.62. The number of thioether (sulfide) groups is 1. The predicted molar refractivity (Wildman–Crippen MR) is 89.1 cm³/mol. The molecular weight excluding hydrogens is 304 g/mol. The minimum atomic E-state index is -0.205. The van der Waals surface area contributed by atoms with Crippen LogP contribution in [0.3, 0.4) is 0 Å². The van der Waals surface area contributed by atoms with E-state index < -0.39 is 0 Å². The highest BCUT2D eigenvalue weighted by atomic mass is 35.5. The SMILES string of the molecule is Cc1ccc(SC(C)C(=O)Nc2ccc(Cl)cn2)c(C)c1. The van der Waals surface area contributed by atoms with Crippen LogP contribution in [0.4, 0.5) is 5.82 Å². The van der Waals surface area contributed by atoms with Crippen molar-refractivity contribution < 1.29 is 4.79 Å². The van der Waals surface area contributed by atoms with Crippen molar-refractivity contribution in [2.24, 2.45) is 0 Å². The molecule has 0 aliphatic heterocycles. The van der Waals surface area contributed by atoms with Gasteiger partial charge in [0.15, 0.2) is 0 Å². The highest BCUT2D eigenvalue weighted by molar-refractivity contribution is 8.00. The van der Waals surface area contributed by atoms with E-state index in [1.807, 2.05) is 6.92 Å². The summed E-state index contributed by atoms with van der Waals surface area (Å²) in [6, 6.07) is 9.62. The van der Waals surface area contributed by atoms with Crippen molar-refractivity contribution in [3.05, 3.63) is 52.7 Å². The molecule has 110 valence electrons. The van der Waals surface area contributed by atoms with Crippen LogP contribution in [0, 0.1) is 13.8 Å². The fourth-order valence-corrected chi connectivity index (χ4v) is 2.90. The van der Waals surface area contributed by atoms with Crippen LogP contribution in [0.5, 0.6) is 0 Å². The van der Waals surface area contributed by atoms with Crippen LogP contribution in [-0.4, -0.2) is 16.1 Å². The Morgan fingerprint density at radius 1 is 1.29 bits per heavy atom. The zero-order valence-corrected chi connectivity index (χ0v) is 13.8. The van der Waals surface area contributed by atoms with Gasteiger partial charge in [0.05, 0.1) is 10.3 Å². The Morgan fingerprint density at radius 2 is 2.05 bits per heavy atom. The standard InChI is InChI=1S/C16H17ClN2OS/c1-10-4-6-14(11(2)8-10)21-12(3)16(20)19-15-7-5-13(17)9-18-15/h4-9,12H,1-3H3,(H,18,19,20). The molecule has 0 bridgehead atoms. The first-order chi connectivity index (χ1) is 9.95. The van der Waals surface area contributed by atoms with E-state index in [2.05, 4.69) is 42.3 Å². The number of halogens is 1. The topological polar surface area (TPSA) is 42.0 Å². The second-order valence-corrected chi connectivity index (χ2v) is 6.70. The molecule has 0 saturated heterocycles. The van der Waals surface area contributed by atoms with Gasteiger partial charge in [-0.15, -0.1) is 11.8 Å². The second kappa shape index (κ2) is 6.96. The smallest absolute Gasteiger partial charge is 0.238 e. The van der Waals surface area contributed by atoms with Gasteiger partial charge in [-0.25, -0.2) is 4.98 Å². The molecule has 2 aromatic rings. The molecule has 21 heavy (non-hydrogen) atoms. The molecule has 0 saturated carbocycles. The summed E-state index contributed by atoms with van der Waals surface area (Å²) in [6.07, 6.45) is 1.51. The maximum absolute atomic E-state index is 12.2. The summed E-state index contributed by atoms with van der Waals surface area (Å²) in [4.78, 5) is 17.4. The highest BCUT2D eigenvalue weighted by Gasteiger charge is 2.16. The van der Waals surface area contributed by atoms with Gasteiger partial charge < -0.3 is 5.32 Å². The van der Waals surface area contributed by atoms with Gasteiger partial charge >= 0.3 is 0 Å². The number of aromatic nitrogens is 1. The molecule has 1 unspecified atom stereocenters. The number of hydrogen-bond acceptors (Lipinski definition) is 3. The number of amides is 1. The zero-order chi connectivity index (χ0) is 15.4. The van der Waals surface area contributed by atoms with Crippen molar-refractivity contribution in [3.63, 3.8) is 0 Å². The lowest BCUT2D eigenvalue weighted by Gasteiger charge is -2.13. The molecule has 1 aromatic heterocycles. The van der Waals surface area contributed by atoms with Crippen LogP contribution >= 0.6 is 23.4 Å². The number of nitrogens with one attached hydrogen (secondary N) is 1. The van der Waals surface area contributed by atoms with Crippen molar-refractivity contribution in [2.45, 2.75) is 30.9 Å². The number of aryl methyl sites for hydroxylation is 2. The fraction of sp³-hybridized carbons (Fsp3) is 0.250. The second-order valence-electron chi connectivity index (χ2n) is 4.88. The monoisotopic (exact) mass is 320 g/mol. The first kappa shape index (κ1) is 15.9. The average molecular weight is 321 g/mol. The van der Waals surface area contributed by atoms with Gasteiger partial charge in [-0.1, -0.05) is 29.3 Å². The Hall–Kier alpha value is -1.52. The Labute approximate surface area is 134 Å². The van der Waals surface area contributed by atoms with E-state index in [1.165, 1.54) is 17.3 Å². The van der Waals surface area contributed by atoms with Gasteiger partial charge in [0, 0.05) is 11.1 Å². The number of pyridine rings is 1. The normalized spacial score (nSPS) is 12.0. The lowest BCUT2D eigenvalue weighted by atomic mass is 10.2. The van der Waals surface area contributed by atoms with E-state index in [1.54, 1.807) is 23.9 Å². The summed E-state index contributed by atoms with van der Waals surface area (Å²) < 4.78 is 0. The molecule has 3 nitrogen and oxygen atoms in total. The summed E-state index contributed by atoms with van der Waals surface area (Å²) in [6.45, 7) is 6.00. The van der Waals surface area contributed by atoms with Crippen molar-refractivity contribution in [3.8, 4) is 0 Å². The zero-order valence-electron chi connectivity index (χ0n) is 12.2. The lowest BCUT2D eigenvalue weighted by Crippen LogP contribution is -2.22. The van der Waals surface area contributed by atoms with Crippen LogP contribution in [0.1, 0.15) is 18.1 Å². The third-order valence-corrected chi connectivity index (χ3v) is 4.49. The lowest BCUT2D eigenvalue weighted by molar-refractivity contribution is -0.115. The largest absolute Gasteiger partial charge is 0.310 e. The Morgan fingerprint density at radius 3 is 2.67 bits per heavy atom. The van der Waals surface area contributed by atoms with Crippen LogP contribution in [0.25, 0.3) is 0 Å². The van der Waals surface area contributed by atoms with Gasteiger partial charge in [-0.3, -0.25) is 4.79 Å². The predicted octanol–water partition coefficient (Wildman–Crippen LogP) is 4.47. The van der Waals surface area contributed by atoms with Gasteiger partial charge in [-0.05, 0) is 44.5 Å². The molecule has 2 rings (SSSR count). The molecule has 1 N–H and O–H groups in total. The molecule has 0 fully saturated rings. The van der Waals surface area contributed by atoms with Crippen molar-refractivity contribution in [1.82, 2.24) is 4.98 Å². The van der Waals surface area contributed by atoms with E-state index in [0.29, 0.717) is 10.8 Å². The molecule has 0 radical (unpaired) electrons. The molecule has 1 amide bonds. The average Bonchev–Trinajstić information content (AvgIpc) is 2.44. The van der Waals surface area contributed by atoms with Gasteiger partial charge in [0.1, 0.15) is 5.82 Å². The third-order valence-electron chi connectivity index (χ3n) is 2.98. The van der Waals surface area contributed by atoms with Crippen molar-refractivity contribution in [1.29, 1.82) is 0 Å². The number of nitrogens with zero attached hydrogens (tertiary/aromatic N) is 1. The minimum Gasteiger partial charge on any atom is -0.310 e. The van der Waals surface area contributed by atoms with E-state index in [-0.39, 0.29) is 11.2 Å². The van der Waals surface area contributed by atoms with Crippen LogP contribution in [0.2, 0.25) is 5.02 Å². The molecule has 0 aliphatic carbocycles. The van der Waals surface area contributed by atoms with Crippen molar-refractivity contribution in [2.75, 3.05) is 5.32 Å². The Balaban J connectivity index is 2.00. The van der Waals surface area contributed by atoms with E-state index in [4.69, 9.17) is 11.6 Å². The summed E-state index contributed by atoms with van der Waals surface area (Å²) >= 11 is 7.31. The van der Waals surface area contributed by atoms with E-state index in [0.717, 1.165) is 4.90 Å². The molecule has 1 atom stereocenters. The van der Waals surface area contributed by atoms with Crippen LogP contribution in [-0.2, 0) is 4.79 Å². The molecule has 1 aromatic carbocycles. The van der Waals surface area contributed by atoms with E-state index in [9.17, 15) is 4.79 Å². The number of benzene rings is 1. The summed E-state index contributed by atoms with van der Waals surface area (Å²) in [5, 5.41) is 3.13. The number of carbonyl (C=O) groups excluding carboxylic acids is 1. The van der Waals surface area contributed by atoms with Crippen molar-refractivity contribution >= 4 is 35.1 Å². The fourth-order valence-electron chi connectivity index (χ4n) is 1.85. The number of rotatable bonds is 4. The van der Waals surface area contributed by atoms with E-state index >= 15 is 0 Å². The summed E-state index contributed by atoms with van der Waals surface area (Å²) in [5.74, 6) is 0.437.